The van der Waals surface area contributed by atoms with Gasteiger partial charge in [0.1, 0.15) is 18.4 Å². The Morgan fingerprint density at radius 3 is 2.21 bits per heavy atom. The lowest BCUT2D eigenvalue weighted by molar-refractivity contribution is -0.139. The first-order chi connectivity index (χ1) is 16.4. The second kappa shape index (κ2) is 10.2. The minimum atomic E-state index is -1.07. The number of hydrogen-bond donors (Lipinski definition) is 2. The summed E-state index contributed by atoms with van der Waals surface area (Å²) in [6.07, 6.45) is 0.219. The van der Waals surface area contributed by atoms with Gasteiger partial charge in [0.25, 0.3) is 5.91 Å². The third-order valence-electron chi connectivity index (χ3n) is 5.65. The molecule has 0 radical (unpaired) electrons. The number of aliphatic carboxylic acids is 1. The lowest BCUT2D eigenvalue weighted by Crippen LogP contribution is -2.42. The van der Waals surface area contributed by atoms with Gasteiger partial charge in [-0.1, -0.05) is 71.8 Å². The molecule has 1 atom stereocenters. The van der Waals surface area contributed by atoms with Crippen molar-refractivity contribution in [2.75, 3.05) is 0 Å². The fourth-order valence-corrected chi connectivity index (χ4v) is 4.07. The van der Waals surface area contributed by atoms with Crippen LogP contribution in [0.3, 0.4) is 0 Å². The number of nitrogens with one attached hydrogen (secondary N) is 1. The Morgan fingerprint density at radius 2 is 1.50 bits per heavy atom. The lowest BCUT2D eigenvalue weighted by atomic mass is 10.0. The van der Waals surface area contributed by atoms with Gasteiger partial charge in [-0.05, 0) is 60.0 Å². The normalized spacial score (nSPS) is 11.7. The number of aryl methyl sites for hydroxylation is 2. The van der Waals surface area contributed by atoms with Gasteiger partial charge in [0.15, 0.2) is 0 Å². The van der Waals surface area contributed by atoms with Gasteiger partial charge < -0.3 is 15.2 Å². The highest BCUT2D eigenvalue weighted by Crippen LogP contribution is 2.23. The molecule has 172 valence electrons. The van der Waals surface area contributed by atoms with Crippen molar-refractivity contribution in [1.29, 1.82) is 0 Å². The zero-order valence-electron chi connectivity index (χ0n) is 19.2. The molecule has 0 aromatic heterocycles. The number of carboxylic acids is 1. The van der Waals surface area contributed by atoms with Crippen LogP contribution in [0.25, 0.3) is 10.8 Å². The number of amides is 1. The maximum Gasteiger partial charge on any atom is 0.326 e. The van der Waals surface area contributed by atoms with E-state index in [-0.39, 0.29) is 6.42 Å². The van der Waals surface area contributed by atoms with Gasteiger partial charge in [-0.25, -0.2) is 4.79 Å². The van der Waals surface area contributed by atoms with Crippen LogP contribution in [0.1, 0.15) is 32.6 Å². The molecule has 0 aliphatic heterocycles. The predicted molar refractivity (Wildman–Crippen MR) is 133 cm³/mol. The third-order valence-corrected chi connectivity index (χ3v) is 5.65. The van der Waals surface area contributed by atoms with Crippen LogP contribution in [0.2, 0.25) is 0 Å². The van der Waals surface area contributed by atoms with E-state index in [4.69, 9.17) is 4.74 Å². The van der Waals surface area contributed by atoms with E-state index in [1.165, 1.54) is 11.1 Å². The highest BCUT2D eigenvalue weighted by atomic mass is 16.5. The van der Waals surface area contributed by atoms with Gasteiger partial charge >= 0.3 is 5.97 Å². The smallest absolute Gasteiger partial charge is 0.326 e. The van der Waals surface area contributed by atoms with Gasteiger partial charge in [0, 0.05) is 12.0 Å². The van der Waals surface area contributed by atoms with Crippen molar-refractivity contribution >= 4 is 22.6 Å². The standard InChI is InChI=1S/C29H27NO4/c1-19-12-20(2)14-22(13-19)18-34-26-11-10-23-16-25(9-8-24(23)17-26)28(31)30-27(29(32)33)15-21-6-4-3-5-7-21/h3-14,16-17,27H,15,18H2,1-2H3,(H,30,31)(H,32,33). The number of carboxylic acid groups (broad SMARTS) is 1. The number of carbonyl (C=O) groups excluding carboxylic acids is 1. The zero-order chi connectivity index (χ0) is 24.1. The minimum absolute atomic E-state index is 0.219. The Morgan fingerprint density at radius 1 is 0.824 bits per heavy atom. The van der Waals surface area contributed by atoms with Gasteiger partial charge in [-0.15, -0.1) is 0 Å². The molecule has 0 saturated carbocycles. The van der Waals surface area contributed by atoms with Gasteiger partial charge in [-0.2, -0.15) is 0 Å². The maximum absolute atomic E-state index is 12.8. The second-order valence-electron chi connectivity index (χ2n) is 8.56. The van der Waals surface area contributed by atoms with E-state index in [9.17, 15) is 14.7 Å². The van der Waals surface area contributed by atoms with E-state index in [1.54, 1.807) is 12.1 Å². The molecule has 4 aromatic carbocycles. The van der Waals surface area contributed by atoms with Crippen LogP contribution in [0, 0.1) is 13.8 Å². The highest BCUT2D eigenvalue weighted by molar-refractivity contribution is 6.00. The highest BCUT2D eigenvalue weighted by Gasteiger charge is 2.21. The van der Waals surface area contributed by atoms with Crippen LogP contribution in [0.4, 0.5) is 0 Å². The molecule has 5 nitrogen and oxygen atoms in total. The number of carbonyl (C=O) groups is 2. The fraction of sp³-hybridized carbons (Fsp3) is 0.172. The molecule has 0 bridgehead atoms. The first-order valence-corrected chi connectivity index (χ1v) is 11.2. The summed E-state index contributed by atoms with van der Waals surface area (Å²) in [6.45, 7) is 4.62. The van der Waals surface area contributed by atoms with Crippen molar-refractivity contribution in [3.63, 3.8) is 0 Å². The summed E-state index contributed by atoms with van der Waals surface area (Å²) < 4.78 is 5.98. The summed E-state index contributed by atoms with van der Waals surface area (Å²) in [5, 5.41) is 14.0. The maximum atomic E-state index is 12.8. The molecule has 0 spiro atoms. The van der Waals surface area contributed by atoms with Crippen LogP contribution in [-0.2, 0) is 17.8 Å². The van der Waals surface area contributed by atoms with E-state index in [0.29, 0.717) is 12.2 Å². The molecule has 1 unspecified atom stereocenters. The van der Waals surface area contributed by atoms with Gasteiger partial charge in [0.05, 0.1) is 0 Å². The zero-order valence-corrected chi connectivity index (χ0v) is 19.2. The molecule has 34 heavy (non-hydrogen) atoms. The number of rotatable bonds is 8. The van der Waals surface area contributed by atoms with Crippen LogP contribution >= 0.6 is 0 Å². The summed E-state index contributed by atoms with van der Waals surface area (Å²) in [5.41, 5.74) is 4.79. The SMILES string of the molecule is Cc1cc(C)cc(COc2ccc3cc(C(=O)NC(Cc4ccccc4)C(=O)O)ccc3c2)c1. The second-order valence-corrected chi connectivity index (χ2v) is 8.56. The number of fused-ring (bicyclic) bond motifs is 1. The van der Waals surface area contributed by atoms with Crippen molar-refractivity contribution in [3.8, 4) is 5.75 Å². The monoisotopic (exact) mass is 453 g/mol. The summed E-state index contributed by atoms with van der Waals surface area (Å²) >= 11 is 0. The molecule has 4 aromatic rings. The number of benzene rings is 4. The molecule has 5 heteroatoms. The molecule has 2 N–H and O–H groups in total. The Hall–Kier alpha value is -4.12. The topological polar surface area (TPSA) is 75.6 Å². The molecular formula is C29H27NO4. The summed E-state index contributed by atoms with van der Waals surface area (Å²) in [5.74, 6) is -0.735. The first-order valence-electron chi connectivity index (χ1n) is 11.2. The van der Waals surface area contributed by atoms with Crippen LogP contribution in [0.5, 0.6) is 5.75 Å². The van der Waals surface area contributed by atoms with E-state index in [1.807, 2.05) is 54.6 Å². The predicted octanol–water partition coefficient (Wildman–Crippen LogP) is 5.46. The van der Waals surface area contributed by atoms with Crippen molar-refractivity contribution in [2.24, 2.45) is 0 Å². The molecule has 1 amide bonds. The average molecular weight is 454 g/mol. The van der Waals surface area contributed by atoms with Gasteiger partial charge in [0.2, 0.25) is 0 Å². The van der Waals surface area contributed by atoms with E-state index in [0.717, 1.165) is 27.6 Å². The molecule has 4 rings (SSSR count). The van der Waals surface area contributed by atoms with E-state index in [2.05, 4.69) is 37.4 Å². The fourth-order valence-electron chi connectivity index (χ4n) is 4.07. The number of hydrogen-bond acceptors (Lipinski definition) is 3. The Bertz CT molecular complexity index is 1310. The van der Waals surface area contributed by atoms with Crippen LogP contribution < -0.4 is 10.1 Å². The average Bonchev–Trinajstić information content (AvgIpc) is 2.82. The summed E-state index contributed by atoms with van der Waals surface area (Å²) in [7, 11) is 0. The quantitative estimate of drug-likeness (QED) is 0.371. The minimum Gasteiger partial charge on any atom is -0.489 e. The number of ether oxygens (including phenoxy) is 1. The van der Waals surface area contributed by atoms with Crippen molar-refractivity contribution in [3.05, 3.63) is 113 Å². The molecule has 0 heterocycles. The molecule has 0 aliphatic carbocycles. The Labute approximate surface area is 199 Å². The van der Waals surface area contributed by atoms with Crippen LogP contribution in [-0.4, -0.2) is 23.0 Å². The molecule has 0 fully saturated rings. The molecular weight excluding hydrogens is 426 g/mol. The summed E-state index contributed by atoms with van der Waals surface area (Å²) in [4.78, 5) is 24.5. The van der Waals surface area contributed by atoms with Crippen molar-refractivity contribution in [2.45, 2.75) is 32.9 Å². The lowest BCUT2D eigenvalue weighted by Gasteiger charge is -2.15. The third kappa shape index (κ3) is 5.81. The first kappa shape index (κ1) is 23.1. The van der Waals surface area contributed by atoms with Gasteiger partial charge in [-0.3, -0.25) is 4.79 Å². The molecule has 0 aliphatic rings. The molecule has 0 saturated heterocycles. The van der Waals surface area contributed by atoms with Crippen molar-refractivity contribution in [1.82, 2.24) is 5.32 Å². The largest absolute Gasteiger partial charge is 0.489 e. The van der Waals surface area contributed by atoms with E-state index < -0.39 is 17.9 Å². The Kier molecular flexibility index (Phi) is 6.93. The summed E-state index contributed by atoms with van der Waals surface area (Å²) in [6, 6.07) is 25.6. The van der Waals surface area contributed by atoms with E-state index >= 15 is 0 Å². The Balaban J connectivity index is 1.45. The van der Waals surface area contributed by atoms with Crippen molar-refractivity contribution < 1.29 is 19.4 Å². The van der Waals surface area contributed by atoms with Crippen LogP contribution in [0.15, 0.2) is 84.9 Å².